The largest absolute Gasteiger partial charge is 0.466 e. The van der Waals surface area contributed by atoms with Gasteiger partial charge in [0.1, 0.15) is 0 Å². The molecule has 6 heteroatoms. The summed E-state index contributed by atoms with van der Waals surface area (Å²) in [4.78, 5) is 7.08. The quantitative estimate of drug-likeness (QED) is 0.604. The van der Waals surface area contributed by atoms with Crippen LogP contribution in [0.2, 0.25) is 0 Å². The molecule has 1 saturated heterocycles. The van der Waals surface area contributed by atoms with Gasteiger partial charge in [-0.25, -0.2) is 0 Å². The van der Waals surface area contributed by atoms with Gasteiger partial charge in [0.2, 0.25) is 0 Å². The number of nitrogens with one attached hydrogen (secondary N) is 1. The summed E-state index contributed by atoms with van der Waals surface area (Å²) >= 11 is 0. The Kier molecular flexibility index (Phi) is 5.67. The molecule has 2 aliphatic rings. The van der Waals surface area contributed by atoms with Gasteiger partial charge in [0.25, 0.3) is 0 Å². The molecule has 3 aromatic rings. The fourth-order valence-electron chi connectivity index (χ4n) is 4.84. The number of benzene rings is 2. The van der Waals surface area contributed by atoms with Gasteiger partial charge >= 0.3 is 6.01 Å². The van der Waals surface area contributed by atoms with Crippen molar-refractivity contribution in [3.63, 3.8) is 0 Å². The highest BCUT2D eigenvalue weighted by atomic mass is 16.5. The van der Waals surface area contributed by atoms with Crippen LogP contribution >= 0.6 is 0 Å². The summed E-state index contributed by atoms with van der Waals surface area (Å²) in [5.74, 6) is 2.01. The number of nitriles is 1. The zero-order chi connectivity index (χ0) is 22.1. The van der Waals surface area contributed by atoms with Crippen LogP contribution in [-0.4, -0.2) is 40.3 Å². The number of aryl methyl sites for hydroxylation is 1. The molecule has 0 atom stereocenters. The highest BCUT2D eigenvalue weighted by Crippen LogP contribution is 2.45. The van der Waals surface area contributed by atoms with Gasteiger partial charge in [-0.1, -0.05) is 18.2 Å². The Hall–Kier alpha value is -3.17. The molecule has 1 aromatic heterocycles. The summed E-state index contributed by atoms with van der Waals surface area (Å²) in [5.41, 5.74) is 7.35. The lowest BCUT2D eigenvalue weighted by atomic mass is 9.88. The van der Waals surface area contributed by atoms with Crippen LogP contribution in [0.3, 0.4) is 0 Å². The third-order valence-corrected chi connectivity index (χ3v) is 6.92. The maximum Gasteiger partial charge on any atom is 0.335 e. The molecule has 2 aromatic carbocycles. The van der Waals surface area contributed by atoms with Crippen molar-refractivity contribution >= 4 is 0 Å². The third kappa shape index (κ3) is 4.26. The van der Waals surface area contributed by atoms with E-state index in [0.29, 0.717) is 17.8 Å². The lowest BCUT2D eigenvalue weighted by molar-refractivity contribution is 0.204. The molecule has 1 saturated carbocycles. The standard InChI is InChI=1S/C26H29N5O/c1-17-13-23(21-7-8-21)24(25-28-26(32-2)30-29-25)14-22(17)16-31-11-9-20(10-12-31)19-5-3-18(15-27)4-6-19/h3-6,13-14,20-21H,7-12,16H2,1-2H3,(H,28,29,30). The van der Waals surface area contributed by atoms with Gasteiger partial charge in [0.05, 0.1) is 18.7 Å². The molecule has 0 spiro atoms. The molecule has 0 amide bonds. The third-order valence-electron chi connectivity index (χ3n) is 6.92. The molecule has 0 radical (unpaired) electrons. The van der Waals surface area contributed by atoms with Gasteiger partial charge in [-0.3, -0.25) is 10.00 Å². The van der Waals surface area contributed by atoms with Crippen LogP contribution < -0.4 is 4.74 Å². The molecule has 2 heterocycles. The lowest BCUT2D eigenvalue weighted by Gasteiger charge is -2.32. The molecule has 164 valence electrons. The number of piperidine rings is 1. The van der Waals surface area contributed by atoms with E-state index in [0.717, 1.165) is 49.4 Å². The topological polar surface area (TPSA) is 77.8 Å². The molecular formula is C26H29N5O. The van der Waals surface area contributed by atoms with E-state index in [1.54, 1.807) is 7.11 Å². The van der Waals surface area contributed by atoms with Crippen LogP contribution in [0.4, 0.5) is 0 Å². The van der Waals surface area contributed by atoms with Gasteiger partial charge < -0.3 is 4.74 Å². The van der Waals surface area contributed by atoms with E-state index < -0.39 is 0 Å². The van der Waals surface area contributed by atoms with Gasteiger partial charge in [0.15, 0.2) is 5.82 Å². The Morgan fingerprint density at radius 3 is 2.47 bits per heavy atom. The number of rotatable bonds is 6. The van der Waals surface area contributed by atoms with E-state index >= 15 is 0 Å². The van der Waals surface area contributed by atoms with Crippen molar-refractivity contribution in [2.45, 2.75) is 51.0 Å². The van der Waals surface area contributed by atoms with Crippen molar-refractivity contribution in [3.8, 4) is 23.5 Å². The smallest absolute Gasteiger partial charge is 0.335 e. The predicted octanol–water partition coefficient (Wildman–Crippen LogP) is 4.92. The van der Waals surface area contributed by atoms with E-state index in [1.165, 1.54) is 35.1 Å². The summed E-state index contributed by atoms with van der Waals surface area (Å²) in [5, 5.41) is 16.2. The van der Waals surface area contributed by atoms with Crippen molar-refractivity contribution in [1.29, 1.82) is 5.26 Å². The first-order chi connectivity index (χ1) is 15.6. The minimum Gasteiger partial charge on any atom is -0.466 e. The van der Waals surface area contributed by atoms with Crippen molar-refractivity contribution in [2.24, 2.45) is 0 Å². The van der Waals surface area contributed by atoms with E-state index in [1.807, 2.05) is 12.1 Å². The van der Waals surface area contributed by atoms with Crippen LogP contribution in [0, 0.1) is 18.3 Å². The highest BCUT2D eigenvalue weighted by molar-refractivity contribution is 5.64. The monoisotopic (exact) mass is 427 g/mol. The first kappa shape index (κ1) is 20.7. The van der Waals surface area contributed by atoms with E-state index in [9.17, 15) is 0 Å². The molecule has 0 unspecified atom stereocenters. The fraction of sp³-hybridized carbons (Fsp3) is 0.423. The summed E-state index contributed by atoms with van der Waals surface area (Å²) in [6.07, 6.45) is 4.80. The van der Waals surface area contributed by atoms with Crippen LogP contribution in [0.25, 0.3) is 11.4 Å². The molecule has 2 fully saturated rings. The van der Waals surface area contributed by atoms with E-state index in [2.05, 4.69) is 57.3 Å². The molecule has 6 nitrogen and oxygen atoms in total. The highest BCUT2D eigenvalue weighted by Gasteiger charge is 2.29. The number of ether oxygens (including phenoxy) is 1. The first-order valence-corrected chi connectivity index (χ1v) is 11.5. The molecule has 32 heavy (non-hydrogen) atoms. The second kappa shape index (κ2) is 8.76. The summed E-state index contributed by atoms with van der Waals surface area (Å²) in [6.45, 7) is 5.35. The van der Waals surface area contributed by atoms with Crippen molar-refractivity contribution in [2.75, 3.05) is 20.2 Å². The molecule has 1 aliphatic carbocycles. The second-order valence-corrected chi connectivity index (χ2v) is 9.10. The van der Waals surface area contributed by atoms with E-state index in [4.69, 9.17) is 10.00 Å². The average Bonchev–Trinajstić information content (AvgIpc) is 3.57. The summed E-state index contributed by atoms with van der Waals surface area (Å²) in [7, 11) is 1.59. The fourth-order valence-corrected chi connectivity index (χ4v) is 4.84. The SMILES string of the molecule is COc1n[nH]c(-c2cc(CN3CCC(c4ccc(C#N)cc4)CC3)c(C)cc2C2CC2)n1. The zero-order valence-corrected chi connectivity index (χ0v) is 18.8. The van der Waals surface area contributed by atoms with Crippen molar-refractivity contribution < 1.29 is 4.74 Å². The number of aromatic nitrogens is 3. The van der Waals surface area contributed by atoms with Crippen molar-refractivity contribution in [1.82, 2.24) is 20.1 Å². The Morgan fingerprint density at radius 1 is 1.09 bits per heavy atom. The first-order valence-electron chi connectivity index (χ1n) is 11.5. The number of methoxy groups -OCH3 is 1. The average molecular weight is 428 g/mol. The predicted molar refractivity (Wildman–Crippen MR) is 123 cm³/mol. The van der Waals surface area contributed by atoms with Gasteiger partial charge in [0, 0.05) is 12.1 Å². The normalized spacial score (nSPS) is 17.3. The van der Waals surface area contributed by atoms with Gasteiger partial charge in [-0.05, 0) is 98.0 Å². The zero-order valence-electron chi connectivity index (χ0n) is 18.8. The molecule has 1 N–H and O–H groups in total. The minimum absolute atomic E-state index is 0.383. The molecule has 0 bridgehead atoms. The minimum atomic E-state index is 0.383. The number of H-pyrrole nitrogens is 1. The number of likely N-dealkylation sites (tertiary alicyclic amines) is 1. The Labute approximate surface area is 189 Å². The van der Waals surface area contributed by atoms with Gasteiger partial charge in [-0.2, -0.15) is 10.2 Å². The Balaban J connectivity index is 1.31. The Morgan fingerprint density at radius 2 is 1.84 bits per heavy atom. The molecule has 1 aliphatic heterocycles. The number of hydrogen-bond acceptors (Lipinski definition) is 5. The maximum atomic E-state index is 9.02. The molecular weight excluding hydrogens is 398 g/mol. The van der Waals surface area contributed by atoms with Crippen molar-refractivity contribution in [3.05, 3.63) is 64.2 Å². The summed E-state index contributed by atoms with van der Waals surface area (Å²) < 4.78 is 5.19. The van der Waals surface area contributed by atoms with Gasteiger partial charge in [-0.15, -0.1) is 5.10 Å². The number of nitrogens with zero attached hydrogens (tertiary/aromatic N) is 4. The van der Waals surface area contributed by atoms with Crippen LogP contribution in [0.5, 0.6) is 6.01 Å². The van der Waals surface area contributed by atoms with Crippen LogP contribution in [0.15, 0.2) is 36.4 Å². The van der Waals surface area contributed by atoms with Crippen LogP contribution in [0.1, 0.15) is 65.3 Å². The number of aromatic amines is 1. The van der Waals surface area contributed by atoms with Crippen LogP contribution in [-0.2, 0) is 6.54 Å². The van der Waals surface area contributed by atoms with E-state index in [-0.39, 0.29) is 0 Å². The second-order valence-electron chi connectivity index (χ2n) is 9.10. The number of hydrogen-bond donors (Lipinski definition) is 1. The Bertz CT molecular complexity index is 1130. The molecule has 5 rings (SSSR count). The lowest BCUT2D eigenvalue weighted by Crippen LogP contribution is -2.32. The maximum absolute atomic E-state index is 9.02. The summed E-state index contributed by atoms with van der Waals surface area (Å²) in [6, 6.07) is 15.4.